The maximum atomic E-state index is 13.8. The number of nitrogens with one attached hydrogen (secondary N) is 1. The van der Waals surface area contributed by atoms with Gasteiger partial charge < -0.3 is 11.1 Å². The molecule has 0 saturated heterocycles. The van der Waals surface area contributed by atoms with Gasteiger partial charge in [0, 0.05) is 18.1 Å². The highest BCUT2D eigenvalue weighted by atomic mass is 31.0. The smallest absolute Gasteiger partial charge is 0.370 e. The standard InChI is InChI=1S/C23H32F3N4P/c1-14(2)20-17(7-4-10-28-20)22(31)21-18(23(24,25)26)8-9-19(30-21)29-13-16-6-3-5-15(11-16)12-27/h4,7-10,14-16,20H,3,5-6,11-13,27,31H2,1-2H3,(H,29,30)/b22-17-. The first kappa shape index (κ1) is 23.9. The molecule has 0 amide bonds. The predicted molar refractivity (Wildman–Crippen MR) is 125 cm³/mol. The van der Waals surface area contributed by atoms with Crippen LogP contribution in [0.25, 0.3) is 5.31 Å². The van der Waals surface area contributed by atoms with Crippen LogP contribution in [0.4, 0.5) is 19.0 Å². The number of halogens is 3. The normalized spacial score (nSPS) is 25.7. The van der Waals surface area contributed by atoms with Gasteiger partial charge in [-0.1, -0.05) is 26.3 Å². The van der Waals surface area contributed by atoms with Crippen molar-refractivity contribution in [2.75, 3.05) is 18.4 Å². The van der Waals surface area contributed by atoms with E-state index in [9.17, 15) is 13.2 Å². The van der Waals surface area contributed by atoms with Gasteiger partial charge in [0.05, 0.1) is 17.3 Å². The molecule has 0 spiro atoms. The van der Waals surface area contributed by atoms with E-state index < -0.39 is 11.7 Å². The van der Waals surface area contributed by atoms with Crippen LogP contribution < -0.4 is 11.1 Å². The highest BCUT2D eigenvalue weighted by Crippen LogP contribution is 2.40. The highest BCUT2D eigenvalue weighted by Gasteiger charge is 2.36. The van der Waals surface area contributed by atoms with E-state index in [1.807, 2.05) is 19.9 Å². The van der Waals surface area contributed by atoms with Gasteiger partial charge in [-0.25, -0.2) is 4.98 Å². The van der Waals surface area contributed by atoms with E-state index in [1.54, 1.807) is 12.3 Å². The fraction of sp³-hybridized carbons (Fsp3) is 0.565. The van der Waals surface area contributed by atoms with Crippen molar-refractivity contribution in [3.8, 4) is 0 Å². The molecule has 1 aromatic rings. The van der Waals surface area contributed by atoms with E-state index in [4.69, 9.17) is 5.73 Å². The first-order chi connectivity index (χ1) is 14.7. The minimum absolute atomic E-state index is 0.0617. The first-order valence-electron chi connectivity index (χ1n) is 10.9. The van der Waals surface area contributed by atoms with Crippen molar-refractivity contribution >= 4 is 26.6 Å². The topological polar surface area (TPSA) is 63.3 Å². The van der Waals surface area contributed by atoms with Crippen LogP contribution in [-0.2, 0) is 6.18 Å². The molecule has 1 aliphatic carbocycles. The molecule has 1 aromatic heterocycles. The van der Waals surface area contributed by atoms with Gasteiger partial charge in [0.2, 0.25) is 0 Å². The summed E-state index contributed by atoms with van der Waals surface area (Å²) in [5.41, 5.74) is 5.77. The molecule has 3 N–H and O–H groups in total. The SMILES string of the molecule is CC(C)C1N=CC=C/C1=C(/P)c1nc(NCC2CCCC(CN)C2)ccc1C(F)(F)F. The van der Waals surface area contributed by atoms with E-state index >= 15 is 0 Å². The van der Waals surface area contributed by atoms with Crippen LogP contribution >= 0.6 is 9.24 Å². The maximum Gasteiger partial charge on any atom is 0.418 e. The third-order valence-corrected chi connectivity index (χ3v) is 6.73. The van der Waals surface area contributed by atoms with Crippen molar-refractivity contribution < 1.29 is 13.2 Å². The molecule has 8 heteroatoms. The molecular weight excluding hydrogens is 420 g/mol. The fourth-order valence-corrected chi connectivity index (χ4v) is 4.91. The molecule has 2 heterocycles. The van der Waals surface area contributed by atoms with Crippen molar-refractivity contribution in [1.29, 1.82) is 0 Å². The quantitative estimate of drug-likeness (QED) is 0.558. The van der Waals surface area contributed by atoms with Crippen molar-refractivity contribution in [3.63, 3.8) is 0 Å². The Labute approximate surface area is 184 Å². The Morgan fingerprint density at radius 2 is 2.00 bits per heavy atom. The number of alkyl halides is 3. The molecule has 2 aliphatic rings. The molecular formula is C23H32F3N4P. The van der Waals surface area contributed by atoms with Gasteiger partial charge in [0.1, 0.15) is 5.82 Å². The second-order valence-corrected chi connectivity index (χ2v) is 9.40. The minimum Gasteiger partial charge on any atom is -0.370 e. The van der Waals surface area contributed by atoms with E-state index in [1.165, 1.54) is 6.07 Å². The zero-order valence-corrected chi connectivity index (χ0v) is 19.3. The molecule has 3 rings (SSSR count). The number of dihydropyridines is 1. The number of hydrogen-bond acceptors (Lipinski definition) is 4. The Bertz CT molecular complexity index is 861. The number of hydrogen-bond donors (Lipinski definition) is 2. The van der Waals surface area contributed by atoms with E-state index in [2.05, 4.69) is 24.5 Å². The molecule has 1 fully saturated rings. The average Bonchev–Trinajstić information content (AvgIpc) is 2.76. The van der Waals surface area contributed by atoms with Gasteiger partial charge in [-0.05, 0) is 67.3 Å². The van der Waals surface area contributed by atoms with Crippen LogP contribution in [0.15, 0.2) is 34.9 Å². The van der Waals surface area contributed by atoms with Crippen molar-refractivity contribution in [1.82, 2.24) is 4.98 Å². The van der Waals surface area contributed by atoms with E-state index in [0.29, 0.717) is 36.1 Å². The highest BCUT2D eigenvalue weighted by molar-refractivity contribution is 7.31. The number of allylic oxidation sites excluding steroid dienone is 1. The Morgan fingerprint density at radius 3 is 2.68 bits per heavy atom. The molecule has 1 aliphatic heterocycles. The summed E-state index contributed by atoms with van der Waals surface area (Å²) in [7, 11) is 2.48. The van der Waals surface area contributed by atoms with Crippen LogP contribution in [0.1, 0.15) is 50.8 Å². The average molecular weight is 453 g/mol. The molecule has 0 radical (unpaired) electrons. The summed E-state index contributed by atoms with van der Waals surface area (Å²) in [6.45, 7) is 5.40. The summed E-state index contributed by atoms with van der Waals surface area (Å²) in [5, 5.41) is 3.71. The molecule has 0 bridgehead atoms. The van der Waals surface area contributed by atoms with Crippen molar-refractivity contribution in [3.05, 3.63) is 41.1 Å². The van der Waals surface area contributed by atoms with Crippen LogP contribution in [-0.4, -0.2) is 30.3 Å². The third kappa shape index (κ3) is 5.95. The Hall–Kier alpha value is -1.72. The van der Waals surface area contributed by atoms with Crippen molar-refractivity contribution in [2.45, 2.75) is 51.7 Å². The number of aliphatic imine (C=N–C) groups is 1. The minimum atomic E-state index is -4.49. The third-order valence-electron chi connectivity index (χ3n) is 6.12. The van der Waals surface area contributed by atoms with Gasteiger partial charge in [-0.3, -0.25) is 4.99 Å². The molecule has 4 unspecified atom stereocenters. The van der Waals surface area contributed by atoms with Gasteiger partial charge in [0.25, 0.3) is 0 Å². The van der Waals surface area contributed by atoms with Crippen LogP contribution in [0.2, 0.25) is 0 Å². The van der Waals surface area contributed by atoms with Gasteiger partial charge in [-0.2, -0.15) is 13.2 Å². The molecule has 1 saturated carbocycles. The number of nitrogens with two attached hydrogens (primary N) is 1. The zero-order chi connectivity index (χ0) is 22.6. The Morgan fingerprint density at radius 1 is 1.26 bits per heavy atom. The number of rotatable bonds is 6. The Kier molecular flexibility index (Phi) is 7.92. The molecule has 170 valence electrons. The molecule has 4 nitrogen and oxygen atoms in total. The van der Waals surface area contributed by atoms with E-state index in [-0.39, 0.29) is 17.7 Å². The summed E-state index contributed by atoms with van der Waals surface area (Å²) >= 11 is 0. The summed E-state index contributed by atoms with van der Waals surface area (Å²) in [5.74, 6) is 1.61. The number of pyridine rings is 1. The van der Waals surface area contributed by atoms with Gasteiger partial charge in [-0.15, -0.1) is 9.24 Å². The second-order valence-electron chi connectivity index (χ2n) is 8.82. The summed E-state index contributed by atoms with van der Waals surface area (Å²) in [4.78, 5) is 8.88. The summed E-state index contributed by atoms with van der Waals surface area (Å²) in [6, 6.07) is 2.35. The Balaban J connectivity index is 1.90. The molecule has 4 atom stereocenters. The maximum absolute atomic E-state index is 13.8. The first-order valence-corrected chi connectivity index (χ1v) is 11.5. The lowest BCUT2D eigenvalue weighted by atomic mass is 9.81. The lowest BCUT2D eigenvalue weighted by Crippen LogP contribution is -2.26. The number of aromatic nitrogens is 1. The summed E-state index contributed by atoms with van der Waals surface area (Å²) in [6.07, 6.45) is 5.25. The molecule has 0 aromatic carbocycles. The van der Waals surface area contributed by atoms with Crippen molar-refractivity contribution in [2.24, 2.45) is 28.5 Å². The second kappa shape index (κ2) is 10.3. The largest absolute Gasteiger partial charge is 0.418 e. The number of anilines is 1. The fourth-order valence-electron chi connectivity index (χ4n) is 4.43. The summed E-state index contributed by atoms with van der Waals surface area (Å²) < 4.78 is 41.3. The van der Waals surface area contributed by atoms with Crippen LogP contribution in [0, 0.1) is 17.8 Å². The van der Waals surface area contributed by atoms with Gasteiger partial charge in [0.15, 0.2) is 0 Å². The van der Waals surface area contributed by atoms with Crippen LogP contribution in [0.3, 0.4) is 0 Å². The lowest BCUT2D eigenvalue weighted by Gasteiger charge is -2.28. The van der Waals surface area contributed by atoms with Gasteiger partial charge >= 0.3 is 6.18 Å². The lowest BCUT2D eigenvalue weighted by molar-refractivity contribution is -0.138. The predicted octanol–water partition coefficient (Wildman–Crippen LogP) is 5.53. The van der Waals surface area contributed by atoms with E-state index in [0.717, 1.165) is 37.3 Å². The van der Waals surface area contributed by atoms with Crippen LogP contribution in [0.5, 0.6) is 0 Å². The molecule has 31 heavy (non-hydrogen) atoms. The monoisotopic (exact) mass is 452 g/mol. The number of nitrogens with zero attached hydrogens (tertiary/aromatic N) is 2. The zero-order valence-electron chi connectivity index (χ0n) is 18.1.